The molecule has 2 aliphatic heterocycles. The first kappa shape index (κ1) is 12.3. The number of amides is 1. The van der Waals surface area contributed by atoms with Crippen LogP contribution in [0, 0.1) is 0 Å². The van der Waals surface area contributed by atoms with Gasteiger partial charge in [0.1, 0.15) is 6.10 Å². The Bertz CT molecular complexity index is 319. The Morgan fingerprint density at radius 3 is 2.53 bits per heavy atom. The summed E-state index contributed by atoms with van der Waals surface area (Å²) >= 11 is 0. The molecule has 6 nitrogen and oxygen atoms in total. The van der Waals surface area contributed by atoms with Gasteiger partial charge in [-0.15, -0.1) is 0 Å². The third kappa shape index (κ3) is 2.42. The number of nitrogens with zero attached hydrogens (tertiary/aromatic N) is 1. The average molecular weight is 243 g/mol. The van der Waals surface area contributed by atoms with Gasteiger partial charge in [0.25, 0.3) is 5.91 Å². The summed E-state index contributed by atoms with van der Waals surface area (Å²) in [4.78, 5) is 24.4. The van der Waals surface area contributed by atoms with E-state index in [0.29, 0.717) is 19.4 Å². The van der Waals surface area contributed by atoms with Crippen LogP contribution in [0.2, 0.25) is 0 Å². The summed E-state index contributed by atoms with van der Waals surface area (Å²) in [5, 5.41) is 17.9. The zero-order valence-corrected chi connectivity index (χ0v) is 9.54. The molecule has 2 saturated heterocycles. The molecule has 2 fully saturated rings. The first-order valence-electron chi connectivity index (χ1n) is 5.93. The number of rotatable bonds is 3. The van der Waals surface area contributed by atoms with E-state index < -0.39 is 18.2 Å². The average Bonchev–Trinajstić information content (AvgIpc) is 2.96. The summed E-state index contributed by atoms with van der Waals surface area (Å²) in [7, 11) is 0. The SMILES string of the molecule is O=C(O)[C@H]1CC[C@@H](C(=O)N2CCC[C@@H]2CO)O1. The van der Waals surface area contributed by atoms with E-state index in [2.05, 4.69) is 0 Å². The number of aliphatic carboxylic acids is 1. The van der Waals surface area contributed by atoms with Crippen molar-refractivity contribution >= 4 is 11.9 Å². The molecule has 1 amide bonds. The van der Waals surface area contributed by atoms with Crippen LogP contribution in [0.1, 0.15) is 25.7 Å². The molecule has 0 aromatic rings. The monoisotopic (exact) mass is 243 g/mol. The van der Waals surface area contributed by atoms with Crippen molar-refractivity contribution in [1.29, 1.82) is 0 Å². The molecule has 2 aliphatic rings. The molecule has 0 unspecified atom stereocenters. The molecule has 0 radical (unpaired) electrons. The lowest BCUT2D eigenvalue weighted by Gasteiger charge is -2.25. The van der Waals surface area contributed by atoms with Gasteiger partial charge in [-0.25, -0.2) is 4.79 Å². The smallest absolute Gasteiger partial charge is 0.332 e. The fourth-order valence-electron chi connectivity index (χ4n) is 2.50. The molecule has 6 heteroatoms. The fourth-order valence-corrected chi connectivity index (χ4v) is 2.50. The molecule has 0 aliphatic carbocycles. The zero-order valence-electron chi connectivity index (χ0n) is 9.54. The highest BCUT2D eigenvalue weighted by atomic mass is 16.5. The lowest BCUT2D eigenvalue weighted by atomic mass is 10.1. The molecule has 0 aromatic heterocycles. The van der Waals surface area contributed by atoms with Crippen LogP contribution in [0.3, 0.4) is 0 Å². The van der Waals surface area contributed by atoms with Crippen LogP contribution in [0.5, 0.6) is 0 Å². The predicted molar refractivity (Wildman–Crippen MR) is 57.4 cm³/mol. The molecule has 96 valence electrons. The van der Waals surface area contributed by atoms with E-state index in [4.69, 9.17) is 14.9 Å². The molecule has 0 aromatic carbocycles. The van der Waals surface area contributed by atoms with Gasteiger partial charge in [0.05, 0.1) is 12.6 Å². The van der Waals surface area contributed by atoms with E-state index in [1.54, 1.807) is 4.90 Å². The molecular weight excluding hydrogens is 226 g/mol. The molecule has 17 heavy (non-hydrogen) atoms. The Balaban J connectivity index is 1.95. The van der Waals surface area contributed by atoms with Crippen LogP contribution in [0.4, 0.5) is 0 Å². The summed E-state index contributed by atoms with van der Waals surface area (Å²) in [5.74, 6) is -1.19. The van der Waals surface area contributed by atoms with Gasteiger partial charge in [0.2, 0.25) is 0 Å². The van der Waals surface area contributed by atoms with Gasteiger partial charge in [-0.2, -0.15) is 0 Å². The number of ether oxygens (including phenoxy) is 1. The lowest BCUT2D eigenvalue weighted by Crippen LogP contribution is -2.43. The van der Waals surface area contributed by atoms with Crippen LogP contribution in [0.25, 0.3) is 0 Å². The topological polar surface area (TPSA) is 87.1 Å². The molecule has 0 spiro atoms. The molecule has 0 bridgehead atoms. The van der Waals surface area contributed by atoms with E-state index in [1.807, 2.05) is 0 Å². The number of hydrogen-bond donors (Lipinski definition) is 2. The molecule has 2 rings (SSSR count). The van der Waals surface area contributed by atoms with E-state index in [1.165, 1.54) is 0 Å². The second-order valence-electron chi connectivity index (χ2n) is 4.54. The maximum Gasteiger partial charge on any atom is 0.332 e. The highest BCUT2D eigenvalue weighted by molar-refractivity contribution is 5.83. The molecular formula is C11H17NO5. The Labute approximate surface area is 99.2 Å². The largest absolute Gasteiger partial charge is 0.479 e. The second kappa shape index (κ2) is 5.01. The van der Waals surface area contributed by atoms with Gasteiger partial charge < -0.3 is 19.8 Å². The van der Waals surface area contributed by atoms with Gasteiger partial charge >= 0.3 is 5.97 Å². The zero-order chi connectivity index (χ0) is 12.4. The number of carbonyl (C=O) groups excluding carboxylic acids is 1. The van der Waals surface area contributed by atoms with Crippen molar-refractivity contribution in [2.75, 3.05) is 13.2 Å². The number of aliphatic hydroxyl groups is 1. The number of carbonyl (C=O) groups is 2. The predicted octanol–water partition coefficient (Wildman–Crippen LogP) is -0.398. The molecule has 0 saturated carbocycles. The number of carboxylic acid groups (broad SMARTS) is 1. The minimum absolute atomic E-state index is 0.0409. The number of carboxylic acids is 1. The van der Waals surface area contributed by atoms with Crippen LogP contribution < -0.4 is 0 Å². The summed E-state index contributed by atoms with van der Waals surface area (Å²) in [6.45, 7) is 0.586. The van der Waals surface area contributed by atoms with E-state index >= 15 is 0 Å². The summed E-state index contributed by atoms with van der Waals surface area (Å²) in [5.41, 5.74) is 0. The third-order valence-electron chi connectivity index (χ3n) is 3.44. The van der Waals surface area contributed by atoms with E-state index in [0.717, 1.165) is 12.8 Å². The number of hydrogen-bond acceptors (Lipinski definition) is 4. The van der Waals surface area contributed by atoms with Crippen molar-refractivity contribution < 1.29 is 24.5 Å². The Morgan fingerprint density at radius 2 is 1.94 bits per heavy atom. The normalized spacial score (nSPS) is 33.0. The van der Waals surface area contributed by atoms with Crippen molar-refractivity contribution in [3.05, 3.63) is 0 Å². The molecule has 2 N–H and O–H groups in total. The lowest BCUT2D eigenvalue weighted by molar-refractivity contribution is -0.155. The van der Waals surface area contributed by atoms with Crippen molar-refractivity contribution in [3.8, 4) is 0 Å². The quantitative estimate of drug-likeness (QED) is 0.704. The van der Waals surface area contributed by atoms with Crippen LogP contribution in [-0.4, -0.2) is 58.4 Å². The van der Waals surface area contributed by atoms with Gasteiger partial charge in [-0.3, -0.25) is 4.79 Å². The molecule has 3 atom stereocenters. The second-order valence-corrected chi connectivity index (χ2v) is 4.54. The van der Waals surface area contributed by atoms with Crippen molar-refractivity contribution in [2.45, 2.75) is 43.9 Å². The third-order valence-corrected chi connectivity index (χ3v) is 3.44. The molecule has 2 heterocycles. The van der Waals surface area contributed by atoms with Crippen LogP contribution in [0.15, 0.2) is 0 Å². The highest BCUT2D eigenvalue weighted by Gasteiger charge is 2.39. The standard InChI is InChI=1S/C11H17NO5/c13-6-7-2-1-5-12(7)10(14)8-3-4-9(17-8)11(15)16/h7-9,13H,1-6H2,(H,15,16)/t7-,8+,9-/m1/s1. The van der Waals surface area contributed by atoms with Gasteiger partial charge in [-0.1, -0.05) is 0 Å². The summed E-state index contributed by atoms with van der Waals surface area (Å²) in [6.07, 6.45) is 0.999. The van der Waals surface area contributed by atoms with Crippen molar-refractivity contribution in [1.82, 2.24) is 4.90 Å². The maximum atomic E-state index is 12.1. The van der Waals surface area contributed by atoms with Crippen molar-refractivity contribution in [2.24, 2.45) is 0 Å². The van der Waals surface area contributed by atoms with E-state index in [-0.39, 0.29) is 18.6 Å². The highest BCUT2D eigenvalue weighted by Crippen LogP contribution is 2.25. The number of aliphatic hydroxyl groups excluding tert-OH is 1. The fraction of sp³-hybridized carbons (Fsp3) is 0.818. The van der Waals surface area contributed by atoms with Crippen LogP contribution in [-0.2, 0) is 14.3 Å². The Kier molecular flexibility index (Phi) is 3.63. The minimum Gasteiger partial charge on any atom is -0.479 e. The van der Waals surface area contributed by atoms with Crippen molar-refractivity contribution in [3.63, 3.8) is 0 Å². The van der Waals surface area contributed by atoms with Gasteiger partial charge in [0.15, 0.2) is 6.10 Å². The maximum absolute atomic E-state index is 12.1. The minimum atomic E-state index is -1.01. The van der Waals surface area contributed by atoms with Gasteiger partial charge in [-0.05, 0) is 25.7 Å². The van der Waals surface area contributed by atoms with E-state index in [9.17, 15) is 9.59 Å². The van der Waals surface area contributed by atoms with Gasteiger partial charge in [0, 0.05) is 6.54 Å². The summed E-state index contributed by atoms with van der Waals surface area (Å²) in [6, 6.07) is -0.130. The Morgan fingerprint density at radius 1 is 1.24 bits per heavy atom. The summed E-state index contributed by atoms with van der Waals surface area (Å²) < 4.78 is 5.22. The Hall–Kier alpha value is -1.14. The number of likely N-dealkylation sites (tertiary alicyclic amines) is 1. The van der Waals surface area contributed by atoms with Crippen LogP contribution >= 0.6 is 0 Å². The first-order valence-corrected chi connectivity index (χ1v) is 5.93. The first-order chi connectivity index (χ1) is 8.13.